The van der Waals surface area contributed by atoms with Crippen molar-refractivity contribution in [3.05, 3.63) is 0 Å². The number of rotatable bonds is 7. The van der Waals surface area contributed by atoms with Gasteiger partial charge in [-0.15, -0.1) is 0 Å². The van der Waals surface area contributed by atoms with E-state index < -0.39 is 5.97 Å². The molecule has 0 atom stereocenters. The predicted octanol–water partition coefficient (Wildman–Crippen LogP) is 1.80. The van der Waals surface area contributed by atoms with Crippen molar-refractivity contribution in [2.75, 3.05) is 40.0 Å². The molecular weight excluding hydrogens is 296 g/mol. The maximum Gasteiger partial charge on any atom is 0.310 e. The maximum atomic E-state index is 12.1. The second-order valence-electron chi connectivity index (χ2n) is 7.02. The fourth-order valence-electron chi connectivity index (χ4n) is 3.46. The summed E-state index contributed by atoms with van der Waals surface area (Å²) in [6.45, 7) is 4.24. The van der Waals surface area contributed by atoms with E-state index in [0.717, 1.165) is 64.7 Å². The average Bonchev–Trinajstić information content (AvgIpc) is 2.54. The Labute approximate surface area is 138 Å². The third-order valence-corrected chi connectivity index (χ3v) is 5.15. The number of carbonyl (C=O) groups is 2. The van der Waals surface area contributed by atoms with Crippen LogP contribution in [0.5, 0.6) is 0 Å². The minimum Gasteiger partial charge on any atom is -0.481 e. The molecule has 0 aromatic rings. The molecule has 0 saturated carbocycles. The van der Waals surface area contributed by atoms with E-state index in [-0.39, 0.29) is 18.3 Å². The molecule has 0 unspecified atom stereocenters. The topological polar surface area (TPSA) is 70.1 Å². The molecule has 0 radical (unpaired) electrons. The van der Waals surface area contributed by atoms with Gasteiger partial charge in [0, 0.05) is 19.5 Å². The second kappa shape index (κ2) is 9.23. The van der Waals surface area contributed by atoms with E-state index in [1.165, 1.54) is 0 Å². The Kier molecular flexibility index (Phi) is 7.30. The highest BCUT2D eigenvalue weighted by Gasteiger charge is 2.26. The second-order valence-corrected chi connectivity index (χ2v) is 7.02. The van der Waals surface area contributed by atoms with Gasteiger partial charge in [-0.3, -0.25) is 14.5 Å². The minimum absolute atomic E-state index is 0.0401. The van der Waals surface area contributed by atoms with Crippen molar-refractivity contribution in [2.24, 2.45) is 11.8 Å². The van der Waals surface area contributed by atoms with Crippen molar-refractivity contribution in [1.82, 2.24) is 9.80 Å². The molecule has 0 aromatic carbocycles. The molecule has 0 aliphatic carbocycles. The van der Waals surface area contributed by atoms with Crippen LogP contribution < -0.4 is 0 Å². The summed E-state index contributed by atoms with van der Waals surface area (Å²) in [5.41, 5.74) is 0. The Hall–Kier alpha value is -1.14. The number of aliphatic carboxylic acids is 1. The Bertz CT molecular complexity index is 386. The molecule has 2 aliphatic rings. The quantitative estimate of drug-likeness (QED) is 0.719. The highest BCUT2D eigenvalue weighted by molar-refractivity contribution is 5.72. The van der Waals surface area contributed by atoms with Gasteiger partial charge in [-0.05, 0) is 64.6 Å². The first kappa shape index (κ1) is 18.2. The van der Waals surface area contributed by atoms with Crippen LogP contribution in [0.3, 0.4) is 0 Å². The van der Waals surface area contributed by atoms with Crippen LogP contribution in [0, 0.1) is 11.8 Å². The van der Waals surface area contributed by atoms with Crippen LogP contribution in [0.1, 0.15) is 44.9 Å². The van der Waals surface area contributed by atoms with Crippen LogP contribution >= 0.6 is 0 Å². The van der Waals surface area contributed by atoms with Gasteiger partial charge >= 0.3 is 11.9 Å². The standard InChI is InChI=1S/C17H30N2O4/c1-18-9-7-15(8-10-18)17(22)23-13-19-11-5-14(6-12-19)3-2-4-16(20)21/h14-15H,2-13H2,1H3,(H,20,21). The van der Waals surface area contributed by atoms with Crippen molar-refractivity contribution in [2.45, 2.75) is 44.9 Å². The van der Waals surface area contributed by atoms with Crippen LogP contribution in [0.15, 0.2) is 0 Å². The molecule has 2 saturated heterocycles. The predicted molar refractivity (Wildman–Crippen MR) is 87.0 cm³/mol. The molecule has 1 N–H and O–H groups in total. The van der Waals surface area contributed by atoms with Gasteiger partial charge in [0.15, 0.2) is 0 Å². The zero-order chi connectivity index (χ0) is 16.7. The van der Waals surface area contributed by atoms with E-state index >= 15 is 0 Å². The molecule has 0 spiro atoms. The van der Waals surface area contributed by atoms with Gasteiger partial charge in [-0.1, -0.05) is 0 Å². The number of ether oxygens (including phenoxy) is 1. The highest BCUT2D eigenvalue weighted by Crippen LogP contribution is 2.23. The summed E-state index contributed by atoms with van der Waals surface area (Å²) < 4.78 is 5.49. The molecule has 132 valence electrons. The van der Waals surface area contributed by atoms with Gasteiger partial charge in [-0.25, -0.2) is 0 Å². The first-order chi connectivity index (χ1) is 11.0. The highest BCUT2D eigenvalue weighted by atomic mass is 16.5. The van der Waals surface area contributed by atoms with Crippen LogP contribution in [0.2, 0.25) is 0 Å². The zero-order valence-corrected chi connectivity index (χ0v) is 14.2. The number of piperidine rings is 2. The Morgan fingerprint density at radius 2 is 1.74 bits per heavy atom. The van der Waals surface area contributed by atoms with Gasteiger partial charge in [0.1, 0.15) is 6.73 Å². The number of carboxylic acid groups (broad SMARTS) is 1. The Morgan fingerprint density at radius 3 is 2.35 bits per heavy atom. The SMILES string of the molecule is CN1CCC(C(=O)OCN2CCC(CCCC(=O)O)CC2)CC1. The van der Waals surface area contributed by atoms with Crippen LogP contribution in [0.4, 0.5) is 0 Å². The molecule has 0 amide bonds. The lowest BCUT2D eigenvalue weighted by Crippen LogP contribution is -2.38. The number of esters is 1. The van der Waals surface area contributed by atoms with Crippen molar-refractivity contribution in [3.8, 4) is 0 Å². The molecule has 6 heteroatoms. The number of hydrogen-bond acceptors (Lipinski definition) is 5. The lowest BCUT2D eigenvalue weighted by molar-refractivity contribution is -0.155. The van der Waals surface area contributed by atoms with Crippen molar-refractivity contribution in [1.29, 1.82) is 0 Å². The van der Waals surface area contributed by atoms with E-state index in [1.54, 1.807) is 0 Å². The third-order valence-electron chi connectivity index (χ3n) is 5.15. The van der Waals surface area contributed by atoms with Gasteiger partial charge in [0.2, 0.25) is 0 Å². The van der Waals surface area contributed by atoms with E-state index in [1.807, 2.05) is 0 Å². The molecule has 23 heavy (non-hydrogen) atoms. The molecular formula is C17H30N2O4. The normalized spacial score (nSPS) is 22.1. The summed E-state index contributed by atoms with van der Waals surface area (Å²) in [7, 11) is 2.09. The number of carbonyl (C=O) groups excluding carboxylic acids is 1. The van der Waals surface area contributed by atoms with Gasteiger partial charge in [0.05, 0.1) is 5.92 Å². The van der Waals surface area contributed by atoms with Gasteiger partial charge in [0.25, 0.3) is 0 Å². The molecule has 2 aliphatic heterocycles. The number of carboxylic acids is 1. The third kappa shape index (κ3) is 6.47. The lowest BCUT2D eigenvalue weighted by atomic mass is 9.92. The maximum absolute atomic E-state index is 12.1. The van der Waals surface area contributed by atoms with E-state index in [9.17, 15) is 9.59 Å². The monoisotopic (exact) mass is 326 g/mol. The molecule has 0 bridgehead atoms. The Morgan fingerprint density at radius 1 is 1.09 bits per heavy atom. The zero-order valence-electron chi connectivity index (χ0n) is 14.2. The van der Waals surface area contributed by atoms with Gasteiger partial charge in [-0.2, -0.15) is 0 Å². The number of hydrogen-bond donors (Lipinski definition) is 1. The smallest absolute Gasteiger partial charge is 0.310 e. The summed E-state index contributed by atoms with van der Waals surface area (Å²) in [4.78, 5) is 27.1. The summed E-state index contributed by atoms with van der Waals surface area (Å²) in [6.07, 6.45) is 5.99. The largest absolute Gasteiger partial charge is 0.481 e. The van der Waals surface area contributed by atoms with Crippen molar-refractivity contribution < 1.29 is 19.4 Å². The summed E-state index contributed by atoms with van der Waals surface area (Å²) >= 11 is 0. The number of nitrogens with zero attached hydrogens (tertiary/aromatic N) is 2. The van der Waals surface area contributed by atoms with Crippen molar-refractivity contribution >= 4 is 11.9 Å². The van der Waals surface area contributed by atoms with Crippen LogP contribution in [-0.4, -0.2) is 66.8 Å². The minimum atomic E-state index is -0.705. The van der Waals surface area contributed by atoms with E-state index in [2.05, 4.69) is 16.8 Å². The van der Waals surface area contributed by atoms with E-state index in [0.29, 0.717) is 12.6 Å². The molecule has 2 heterocycles. The average molecular weight is 326 g/mol. The molecule has 2 fully saturated rings. The summed E-state index contributed by atoms with van der Waals surface area (Å²) in [5, 5.41) is 8.67. The molecule has 2 rings (SSSR count). The Balaban J connectivity index is 1.57. The fourth-order valence-corrected chi connectivity index (χ4v) is 3.46. The van der Waals surface area contributed by atoms with Gasteiger partial charge < -0.3 is 14.7 Å². The summed E-state index contributed by atoms with van der Waals surface area (Å²) in [6, 6.07) is 0. The molecule has 6 nitrogen and oxygen atoms in total. The molecule has 0 aromatic heterocycles. The van der Waals surface area contributed by atoms with Crippen LogP contribution in [-0.2, 0) is 14.3 Å². The first-order valence-electron chi connectivity index (χ1n) is 8.84. The number of likely N-dealkylation sites (tertiary alicyclic amines) is 2. The lowest BCUT2D eigenvalue weighted by Gasteiger charge is -2.32. The fraction of sp³-hybridized carbons (Fsp3) is 0.882. The van der Waals surface area contributed by atoms with E-state index in [4.69, 9.17) is 9.84 Å². The first-order valence-corrected chi connectivity index (χ1v) is 8.84. The van der Waals surface area contributed by atoms with Crippen molar-refractivity contribution in [3.63, 3.8) is 0 Å². The summed E-state index contributed by atoms with van der Waals surface area (Å²) in [5.74, 6) is -0.0557. The van der Waals surface area contributed by atoms with Crippen LogP contribution in [0.25, 0.3) is 0 Å².